The molecule has 0 heterocycles. The van der Waals surface area contributed by atoms with Crippen molar-refractivity contribution in [2.24, 2.45) is 5.92 Å². The largest absolute Gasteiger partial charge is 0.503 e. The third-order valence-electron chi connectivity index (χ3n) is 5.12. The number of ketones is 2. The lowest BCUT2D eigenvalue weighted by Crippen LogP contribution is -2.52. The molecule has 136 valence electrons. The SMILES string of the molecule is C=CC1=CC[C@H]2C(=O)C(C)=CC(=O)[C@@]2(Br)[C@H]1c1cc(Cl)c(O)c(OC)c1. The Bertz CT molecular complexity index is 886. The van der Waals surface area contributed by atoms with Gasteiger partial charge in [-0.3, -0.25) is 9.59 Å². The average Bonchev–Trinajstić information content (AvgIpc) is 2.61. The molecule has 0 aromatic heterocycles. The molecule has 0 spiro atoms. The maximum Gasteiger partial charge on any atom is 0.176 e. The highest BCUT2D eigenvalue weighted by Crippen LogP contribution is 2.55. The molecule has 1 N–H and O–H groups in total. The van der Waals surface area contributed by atoms with Gasteiger partial charge in [-0.2, -0.15) is 0 Å². The van der Waals surface area contributed by atoms with E-state index in [1.807, 2.05) is 6.08 Å². The molecule has 0 aliphatic heterocycles. The summed E-state index contributed by atoms with van der Waals surface area (Å²) in [6, 6.07) is 3.23. The second-order valence-corrected chi connectivity index (χ2v) is 8.23. The molecule has 1 aromatic carbocycles. The molecule has 26 heavy (non-hydrogen) atoms. The molecule has 0 saturated heterocycles. The number of carbonyl (C=O) groups is 2. The number of benzene rings is 1. The van der Waals surface area contributed by atoms with E-state index in [9.17, 15) is 14.7 Å². The van der Waals surface area contributed by atoms with Crippen LogP contribution in [-0.2, 0) is 9.59 Å². The first-order chi connectivity index (χ1) is 12.2. The van der Waals surface area contributed by atoms with Gasteiger partial charge in [0.1, 0.15) is 4.32 Å². The zero-order chi connectivity index (χ0) is 19.2. The minimum absolute atomic E-state index is 0.0531. The fourth-order valence-electron chi connectivity index (χ4n) is 3.80. The number of aromatic hydroxyl groups is 1. The molecule has 0 saturated carbocycles. The van der Waals surface area contributed by atoms with Crippen molar-refractivity contribution < 1.29 is 19.4 Å². The number of hydrogen-bond acceptors (Lipinski definition) is 4. The second-order valence-electron chi connectivity index (χ2n) is 6.51. The van der Waals surface area contributed by atoms with Gasteiger partial charge < -0.3 is 9.84 Å². The van der Waals surface area contributed by atoms with Gasteiger partial charge in [0.05, 0.1) is 12.1 Å². The van der Waals surface area contributed by atoms with Crippen molar-refractivity contribution in [2.45, 2.75) is 23.6 Å². The molecule has 0 unspecified atom stereocenters. The highest BCUT2D eigenvalue weighted by atomic mass is 79.9. The number of halogens is 2. The summed E-state index contributed by atoms with van der Waals surface area (Å²) in [6.07, 6.45) is 5.45. The molecular weight excluding hydrogens is 420 g/mol. The van der Waals surface area contributed by atoms with Crippen LogP contribution in [0.5, 0.6) is 11.5 Å². The maximum atomic E-state index is 13.0. The predicted molar refractivity (Wildman–Crippen MR) is 104 cm³/mol. The fraction of sp³-hybridized carbons (Fsp3) is 0.300. The van der Waals surface area contributed by atoms with Crippen LogP contribution in [0.15, 0.2) is 48.1 Å². The van der Waals surface area contributed by atoms with Gasteiger partial charge in [0, 0.05) is 11.8 Å². The Balaban J connectivity index is 2.26. The summed E-state index contributed by atoms with van der Waals surface area (Å²) in [6.45, 7) is 5.52. The number of ether oxygens (including phenoxy) is 1. The summed E-state index contributed by atoms with van der Waals surface area (Å²) in [5, 5.41) is 10.1. The molecule has 2 aliphatic rings. The van der Waals surface area contributed by atoms with Gasteiger partial charge in [-0.1, -0.05) is 46.3 Å². The predicted octanol–water partition coefficient (Wildman–Crippen LogP) is 4.50. The van der Waals surface area contributed by atoms with E-state index in [1.165, 1.54) is 13.2 Å². The van der Waals surface area contributed by atoms with Crippen molar-refractivity contribution in [1.82, 2.24) is 0 Å². The van der Waals surface area contributed by atoms with Gasteiger partial charge in [0.2, 0.25) is 0 Å². The third-order valence-corrected chi connectivity index (χ3v) is 6.81. The Hall–Kier alpha value is -1.85. The van der Waals surface area contributed by atoms with E-state index in [0.29, 0.717) is 17.6 Å². The van der Waals surface area contributed by atoms with Crippen LogP contribution in [-0.4, -0.2) is 28.1 Å². The van der Waals surface area contributed by atoms with Crippen molar-refractivity contribution in [3.63, 3.8) is 0 Å². The van der Waals surface area contributed by atoms with E-state index in [0.717, 1.165) is 5.57 Å². The highest BCUT2D eigenvalue weighted by molar-refractivity contribution is 9.10. The van der Waals surface area contributed by atoms with E-state index in [4.69, 9.17) is 16.3 Å². The standard InChI is InChI=1S/C20H18BrClO4/c1-4-11-5-6-13-18(24)10(2)7-16(23)20(13,21)17(11)12-8-14(22)19(25)15(9-12)26-3/h4-5,7-9,13,17,25H,1,6H2,2-3H3/t13-,17+,20+/m0/s1. The number of Topliss-reactive ketones (excluding diaryl/α,β-unsaturated/α-hetero) is 1. The molecule has 1 aromatic rings. The van der Waals surface area contributed by atoms with Gasteiger partial charge in [0.15, 0.2) is 23.1 Å². The van der Waals surface area contributed by atoms with Crippen LogP contribution in [0.2, 0.25) is 5.02 Å². The minimum atomic E-state index is -1.13. The number of carbonyl (C=O) groups excluding carboxylic acids is 2. The molecule has 0 radical (unpaired) electrons. The average molecular weight is 438 g/mol. The number of alkyl halides is 1. The first kappa shape index (κ1) is 18.9. The Morgan fingerprint density at radius 2 is 2.12 bits per heavy atom. The van der Waals surface area contributed by atoms with Crippen molar-refractivity contribution in [2.75, 3.05) is 7.11 Å². The fourth-order valence-corrected chi connectivity index (χ4v) is 5.06. The van der Waals surface area contributed by atoms with Crippen LogP contribution < -0.4 is 4.74 Å². The van der Waals surface area contributed by atoms with E-state index in [1.54, 1.807) is 25.1 Å². The minimum Gasteiger partial charge on any atom is -0.503 e. The Kier molecular flexibility index (Phi) is 4.88. The number of rotatable bonds is 3. The number of hydrogen-bond donors (Lipinski definition) is 1. The second kappa shape index (κ2) is 6.71. The molecule has 2 aliphatic carbocycles. The van der Waals surface area contributed by atoms with Crippen LogP contribution in [0.25, 0.3) is 0 Å². The Labute approximate surface area is 165 Å². The molecule has 3 rings (SSSR count). The van der Waals surface area contributed by atoms with Crippen LogP contribution in [0.1, 0.15) is 24.8 Å². The zero-order valence-corrected chi connectivity index (χ0v) is 16.7. The summed E-state index contributed by atoms with van der Waals surface area (Å²) >= 11 is 9.79. The summed E-state index contributed by atoms with van der Waals surface area (Å²) < 4.78 is 4.07. The molecule has 6 heteroatoms. The number of methoxy groups -OCH3 is 1. The quantitative estimate of drug-likeness (QED) is 0.707. The number of phenolic OH excluding ortho intramolecular Hbond substituents is 1. The van der Waals surface area contributed by atoms with Gasteiger partial charge in [-0.05, 0) is 48.3 Å². The highest BCUT2D eigenvalue weighted by Gasteiger charge is 2.56. The first-order valence-electron chi connectivity index (χ1n) is 8.10. The van der Waals surface area contributed by atoms with Crippen molar-refractivity contribution in [3.8, 4) is 11.5 Å². The van der Waals surface area contributed by atoms with E-state index in [-0.39, 0.29) is 28.1 Å². The Morgan fingerprint density at radius 1 is 1.42 bits per heavy atom. The normalized spacial score (nSPS) is 28.2. The number of allylic oxidation sites excluding steroid dienone is 5. The maximum absolute atomic E-state index is 13.0. The molecule has 0 fully saturated rings. The summed E-state index contributed by atoms with van der Waals surface area (Å²) in [5.74, 6) is -1.20. The van der Waals surface area contributed by atoms with Crippen LogP contribution in [0, 0.1) is 5.92 Å². The van der Waals surface area contributed by atoms with Crippen LogP contribution in [0.3, 0.4) is 0 Å². The van der Waals surface area contributed by atoms with E-state index < -0.39 is 16.2 Å². The lowest BCUT2D eigenvalue weighted by Gasteiger charge is -2.45. The van der Waals surface area contributed by atoms with Crippen molar-refractivity contribution in [1.29, 1.82) is 0 Å². The lowest BCUT2D eigenvalue weighted by molar-refractivity contribution is -0.128. The zero-order valence-electron chi connectivity index (χ0n) is 14.4. The van der Waals surface area contributed by atoms with Crippen molar-refractivity contribution in [3.05, 3.63) is 58.7 Å². The van der Waals surface area contributed by atoms with Gasteiger partial charge in [-0.15, -0.1) is 0 Å². The van der Waals surface area contributed by atoms with E-state index >= 15 is 0 Å². The summed E-state index contributed by atoms with van der Waals surface area (Å²) in [7, 11) is 1.42. The van der Waals surface area contributed by atoms with Crippen LogP contribution >= 0.6 is 27.5 Å². The molecule has 0 amide bonds. The first-order valence-corrected chi connectivity index (χ1v) is 9.27. The van der Waals surface area contributed by atoms with Crippen LogP contribution in [0.4, 0.5) is 0 Å². The molecule has 0 bridgehead atoms. The molecule has 4 nitrogen and oxygen atoms in total. The lowest BCUT2D eigenvalue weighted by atomic mass is 9.63. The monoisotopic (exact) mass is 436 g/mol. The summed E-state index contributed by atoms with van der Waals surface area (Å²) in [5.41, 5.74) is 1.94. The Morgan fingerprint density at radius 3 is 2.73 bits per heavy atom. The molecule has 3 atom stereocenters. The van der Waals surface area contributed by atoms with E-state index in [2.05, 4.69) is 22.5 Å². The smallest absolute Gasteiger partial charge is 0.176 e. The summed E-state index contributed by atoms with van der Waals surface area (Å²) in [4.78, 5) is 25.7. The third kappa shape index (κ3) is 2.65. The number of fused-ring (bicyclic) bond motifs is 1. The topological polar surface area (TPSA) is 63.6 Å². The van der Waals surface area contributed by atoms with Gasteiger partial charge in [-0.25, -0.2) is 0 Å². The molecular formula is C20H18BrClO4. The van der Waals surface area contributed by atoms with Crippen molar-refractivity contribution >= 4 is 39.1 Å². The number of phenols is 1. The van der Waals surface area contributed by atoms with Gasteiger partial charge in [0.25, 0.3) is 0 Å². The van der Waals surface area contributed by atoms with Gasteiger partial charge >= 0.3 is 0 Å².